The summed E-state index contributed by atoms with van der Waals surface area (Å²) in [6, 6.07) is 7.70. The maximum Gasteiger partial charge on any atom is 0.167 e. The number of benzene rings is 1. The molecule has 0 amide bonds. The first-order valence-electron chi connectivity index (χ1n) is 3.86. The molecule has 0 unspecified atom stereocenters. The number of aliphatic imine (C=N–C) groups is 1. The van der Waals surface area contributed by atoms with Crippen molar-refractivity contribution in [1.29, 1.82) is 0 Å². The molecule has 0 fully saturated rings. The third-order valence-corrected chi connectivity index (χ3v) is 1.42. The zero-order chi connectivity index (χ0) is 8.39. The highest BCUT2D eigenvalue weighted by atomic mass is 16.7. The first kappa shape index (κ1) is 5.32. The van der Waals surface area contributed by atoms with Crippen LogP contribution in [0.15, 0.2) is 35.3 Å². The van der Waals surface area contributed by atoms with E-state index in [2.05, 4.69) is 10.5 Å². The van der Waals surface area contributed by atoms with Crippen molar-refractivity contribution in [3.8, 4) is 0 Å². The summed E-state index contributed by atoms with van der Waals surface area (Å²) in [6.07, 6.45) is 0. The number of nitrogens with zero attached hydrogens (tertiary/aromatic N) is 1. The molecule has 3 heteroatoms. The third-order valence-electron chi connectivity index (χ3n) is 1.42. The molecule has 0 atom stereocenters. The van der Waals surface area contributed by atoms with Crippen molar-refractivity contribution >= 4 is 5.84 Å². The number of rotatable bonds is 1. The van der Waals surface area contributed by atoms with Crippen molar-refractivity contribution in [3.05, 3.63) is 35.9 Å². The van der Waals surface area contributed by atoms with Gasteiger partial charge in [-0.1, -0.05) is 30.3 Å². The Bertz CT molecular complexity index is 325. The van der Waals surface area contributed by atoms with E-state index in [-0.39, 0.29) is 0 Å². The Labute approximate surface area is 66.1 Å². The van der Waals surface area contributed by atoms with Crippen LogP contribution in [0.1, 0.15) is 6.93 Å². The molecule has 0 saturated carbocycles. The molecule has 0 bridgehead atoms. The van der Waals surface area contributed by atoms with Crippen LogP contribution in [-0.2, 0) is 4.84 Å². The molecule has 1 aliphatic rings. The Morgan fingerprint density at radius 3 is 3.27 bits per heavy atom. The van der Waals surface area contributed by atoms with E-state index in [9.17, 15) is 0 Å². The van der Waals surface area contributed by atoms with Gasteiger partial charge in [0.05, 0.1) is 1.37 Å². The number of hydrogen-bond donors (Lipinski definition) is 1. The molecule has 1 aliphatic heterocycles. The van der Waals surface area contributed by atoms with Crippen LogP contribution in [0, 0.1) is 0 Å². The number of amidine groups is 1. The summed E-state index contributed by atoms with van der Waals surface area (Å²) < 4.78 is 7.56. The molecule has 1 N–H and O–H groups in total. The summed E-state index contributed by atoms with van der Waals surface area (Å²) >= 11 is 0. The molecule has 56 valence electrons. The van der Waals surface area contributed by atoms with E-state index >= 15 is 0 Å². The van der Waals surface area contributed by atoms with Crippen molar-refractivity contribution in [3.63, 3.8) is 0 Å². The lowest BCUT2D eigenvalue weighted by Gasteiger charge is -1.98. The van der Waals surface area contributed by atoms with Gasteiger partial charge in [0.2, 0.25) is 0 Å². The molecule has 1 aromatic rings. The highest BCUT2D eigenvalue weighted by Gasteiger charge is 2.06. The minimum atomic E-state index is 0.323. The van der Waals surface area contributed by atoms with Crippen LogP contribution < -0.4 is 5.48 Å². The Hall–Kier alpha value is -1.35. The zero-order valence-corrected chi connectivity index (χ0v) is 5.87. The van der Waals surface area contributed by atoms with Crippen molar-refractivity contribution < 1.29 is 6.21 Å². The van der Waals surface area contributed by atoms with E-state index in [1.54, 1.807) is 6.07 Å². The molecule has 3 nitrogen and oxygen atoms in total. The predicted octanol–water partition coefficient (Wildman–Crippen LogP) is 0.925. The van der Waals surface area contributed by atoms with Crippen LogP contribution in [0.3, 0.4) is 0 Å². The topological polar surface area (TPSA) is 33.6 Å². The van der Waals surface area contributed by atoms with Gasteiger partial charge in [-0.15, -0.1) is 0 Å². The quantitative estimate of drug-likeness (QED) is 0.644. The molecule has 0 aromatic heterocycles. The van der Waals surface area contributed by atoms with E-state index in [0.29, 0.717) is 18.6 Å². The van der Waals surface area contributed by atoms with Gasteiger partial charge in [-0.05, 0) is 0 Å². The second kappa shape index (κ2) is 2.72. The Kier molecular flexibility index (Phi) is 1.31. The normalized spacial score (nSPS) is 17.1. The van der Waals surface area contributed by atoms with Crippen LogP contribution in [-0.4, -0.2) is 12.6 Å². The second-order valence-corrected chi connectivity index (χ2v) is 2.16. The van der Waals surface area contributed by atoms with Gasteiger partial charge in [-0.3, -0.25) is 4.84 Å². The highest BCUT2D eigenvalue weighted by molar-refractivity contribution is 5.98. The average molecular weight is 149 g/mol. The van der Waals surface area contributed by atoms with Crippen molar-refractivity contribution in [2.24, 2.45) is 4.99 Å². The fraction of sp³-hybridized carbons (Fsp3) is 0.125. The molecule has 2 rings (SSSR count). The van der Waals surface area contributed by atoms with Crippen LogP contribution >= 0.6 is 0 Å². The van der Waals surface area contributed by atoms with Crippen LogP contribution in [0.5, 0.6) is 0 Å². The Morgan fingerprint density at radius 1 is 1.55 bits per heavy atom. The molecule has 1 heterocycles. The van der Waals surface area contributed by atoms with Gasteiger partial charge in [0, 0.05) is 5.56 Å². The summed E-state index contributed by atoms with van der Waals surface area (Å²) in [6.45, 7) is 0.323. The maximum atomic E-state index is 7.56. The fourth-order valence-corrected chi connectivity index (χ4v) is 0.911. The van der Waals surface area contributed by atoms with Crippen molar-refractivity contribution in [2.75, 3.05) is 6.73 Å². The summed E-state index contributed by atoms with van der Waals surface area (Å²) in [5.41, 5.74) is 3.42. The Balaban J connectivity index is 2.39. The average Bonchev–Trinajstić information content (AvgIpc) is 2.57. The minimum absolute atomic E-state index is 0.323. The van der Waals surface area contributed by atoms with Crippen molar-refractivity contribution in [1.82, 2.24) is 5.48 Å². The predicted molar refractivity (Wildman–Crippen MR) is 42.1 cm³/mol. The van der Waals surface area contributed by atoms with Crippen LogP contribution in [0.25, 0.3) is 0 Å². The summed E-state index contributed by atoms with van der Waals surface area (Å²) in [5, 5.41) is 0. The van der Waals surface area contributed by atoms with Gasteiger partial charge < -0.3 is 0 Å². The molecule has 0 spiro atoms. The highest BCUT2D eigenvalue weighted by Crippen LogP contribution is 2.02. The van der Waals surface area contributed by atoms with Gasteiger partial charge in [0.15, 0.2) is 12.6 Å². The number of hydrogen-bond acceptors (Lipinski definition) is 3. The molecule has 0 saturated heterocycles. The lowest BCUT2D eigenvalue weighted by Crippen LogP contribution is -2.17. The largest absolute Gasteiger partial charge is 0.251 e. The minimum Gasteiger partial charge on any atom is -0.251 e. The smallest absolute Gasteiger partial charge is 0.167 e. The SMILES string of the molecule is [2H]c1ccccc1C1=NCON1. The zero-order valence-electron chi connectivity index (χ0n) is 6.87. The molecule has 0 aliphatic carbocycles. The van der Waals surface area contributed by atoms with E-state index in [1.165, 1.54) is 0 Å². The number of nitrogens with one attached hydrogen (secondary N) is 1. The lowest BCUT2D eigenvalue weighted by molar-refractivity contribution is 0.115. The standard InChI is InChI=1S/C8H8N2O/c1-2-4-7(5-3-1)8-9-6-11-10-8/h1-5H,6H2,(H,9,10)/i4D. The lowest BCUT2D eigenvalue weighted by atomic mass is 10.2. The second-order valence-electron chi connectivity index (χ2n) is 2.16. The van der Waals surface area contributed by atoms with E-state index in [1.807, 2.05) is 18.2 Å². The molecule has 11 heavy (non-hydrogen) atoms. The summed E-state index contributed by atoms with van der Waals surface area (Å²) in [5.74, 6) is 0.639. The summed E-state index contributed by atoms with van der Waals surface area (Å²) in [7, 11) is 0. The molecule has 1 aromatic carbocycles. The number of hydroxylamine groups is 1. The van der Waals surface area contributed by atoms with E-state index < -0.39 is 0 Å². The fourth-order valence-electron chi connectivity index (χ4n) is 0.911. The molecule has 0 radical (unpaired) electrons. The molecular formula is C8H8N2O. The van der Waals surface area contributed by atoms with E-state index in [0.717, 1.165) is 5.56 Å². The first-order chi connectivity index (χ1) is 5.88. The summed E-state index contributed by atoms with van der Waals surface area (Å²) in [4.78, 5) is 8.86. The monoisotopic (exact) mass is 149 g/mol. The van der Waals surface area contributed by atoms with Gasteiger partial charge in [-0.2, -0.15) is 0 Å². The maximum absolute atomic E-state index is 7.56. The van der Waals surface area contributed by atoms with Gasteiger partial charge in [0.1, 0.15) is 0 Å². The van der Waals surface area contributed by atoms with Crippen LogP contribution in [0.4, 0.5) is 0 Å². The van der Waals surface area contributed by atoms with Gasteiger partial charge in [-0.25, -0.2) is 10.5 Å². The van der Waals surface area contributed by atoms with Crippen molar-refractivity contribution in [2.45, 2.75) is 0 Å². The molecular weight excluding hydrogens is 140 g/mol. The first-order valence-corrected chi connectivity index (χ1v) is 3.36. The third kappa shape index (κ3) is 1.23. The van der Waals surface area contributed by atoms with E-state index in [4.69, 9.17) is 6.21 Å². The van der Waals surface area contributed by atoms with Gasteiger partial charge in [0.25, 0.3) is 0 Å². The van der Waals surface area contributed by atoms with Gasteiger partial charge >= 0.3 is 0 Å². The van der Waals surface area contributed by atoms with Crippen LogP contribution in [0.2, 0.25) is 0 Å². The Morgan fingerprint density at radius 2 is 2.55 bits per heavy atom.